The number of nitrogens with zero attached hydrogens (tertiary/aromatic N) is 1. The van der Waals surface area contributed by atoms with Crippen LogP contribution in [0.5, 0.6) is 0 Å². The Morgan fingerprint density at radius 3 is 2.40 bits per heavy atom. The predicted octanol–water partition coefficient (Wildman–Crippen LogP) is 2.18. The van der Waals surface area contributed by atoms with Gasteiger partial charge in [-0.2, -0.15) is 0 Å². The zero-order valence-electron chi connectivity index (χ0n) is 13.3. The zero-order valence-corrected chi connectivity index (χ0v) is 13.3. The molecule has 0 bridgehead atoms. The quantitative estimate of drug-likeness (QED) is 0.624. The topological polar surface area (TPSA) is 41.6 Å². The fourth-order valence-corrected chi connectivity index (χ4v) is 3.22. The van der Waals surface area contributed by atoms with E-state index in [0.717, 1.165) is 38.9 Å². The lowest BCUT2D eigenvalue weighted by Crippen LogP contribution is -2.61. The standard InChI is InChI=1S/C16H30N2O2/c1-4-11-18(14-9-10-14)12-16(17-5-2,13-7-8-13)15(19)20-6-3/h13-14,17H,4-12H2,1-3H3. The van der Waals surface area contributed by atoms with Crippen LogP contribution in [0, 0.1) is 5.92 Å². The van der Waals surface area contributed by atoms with E-state index in [1.807, 2.05) is 6.92 Å². The number of likely N-dealkylation sites (N-methyl/N-ethyl adjacent to an activating group) is 1. The van der Waals surface area contributed by atoms with Gasteiger partial charge in [0.1, 0.15) is 5.54 Å². The summed E-state index contributed by atoms with van der Waals surface area (Å²) in [5.41, 5.74) is -0.470. The van der Waals surface area contributed by atoms with Crippen molar-refractivity contribution in [1.29, 1.82) is 0 Å². The Morgan fingerprint density at radius 1 is 1.25 bits per heavy atom. The summed E-state index contributed by atoms with van der Waals surface area (Å²) in [6.07, 6.45) is 6.02. The minimum Gasteiger partial charge on any atom is -0.465 e. The molecule has 1 N–H and O–H groups in total. The third-order valence-corrected chi connectivity index (χ3v) is 4.43. The van der Waals surface area contributed by atoms with Crippen LogP contribution in [-0.2, 0) is 9.53 Å². The zero-order chi connectivity index (χ0) is 14.6. The van der Waals surface area contributed by atoms with E-state index in [-0.39, 0.29) is 5.97 Å². The van der Waals surface area contributed by atoms with Crippen molar-refractivity contribution in [1.82, 2.24) is 10.2 Å². The second kappa shape index (κ2) is 6.90. The van der Waals surface area contributed by atoms with E-state index in [4.69, 9.17) is 4.74 Å². The molecule has 0 aromatic rings. The van der Waals surface area contributed by atoms with Crippen molar-refractivity contribution < 1.29 is 9.53 Å². The van der Waals surface area contributed by atoms with Gasteiger partial charge in [0, 0.05) is 12.6 Å². The van der Waals surface area contributed by atoms with Gasteiger partial charge < -0.3 is 10.1 Å². The average molecular weight is 282 g/mol. The summed E-state index contributed by atoms with van der Waals surface area (Å²) in [5, 5.41) is 3.50. The third kappa shape index (κ3) is 3.53. The molecule has 0 heterocycles. The minimum atomic E-state index is -0.470. The van der Waals surface area contributed by atoms with E-state index in [9.17, 15) is 4.79 Å². The first kappa shape index (κ1) is 15.8. The minimum absolute atomic E-state index is 0.0360. The molecule has 0 aromatic carbocycles. The third-order valence-electron chi connectivity index (χ3n) is 4.43. The molecular weight excluding hydrogens is 252 g/mol. The number of hydrogen-bond acceptors (Lipinski definition) is 4. The second-order valence-electron chi connectivity index (χ2n) is 6.20. The molecule has 0 saturated heterocycles. The maximum atomic E-state index is 12.6. The molecule has 0 spiro atoms. The molecule has 4 heteroatoms. The van der Waals surface area contributed by atoms with Crippen LogP contribution in [0.3, 0.4) is 0 Å². The van der Waals surface area contributed by atoms with E-state index in [2.05, 4.69) is 24.1 Å². The van der Waals surface area contributed by atoms with Crippen molar-refractivity contribution in [2.24, 2.45) is 5.92 Å². The average Bonchev–Trinajstić information content (AvgIpc) is 3.30. The van der Waals surface area contributed by atoms with Gasteiger partial charge in [-0.15, -0.1) is 0 Å². The number of carbonyl (C=O) groups excluding carboxylic acids is 1. The molecule has 0 radical (unpaired) electrons. The summed E-state index contributed by atoms with van der Waals surface area (Å²) >= 11 is 0. The number of esters is 1. The summed E-state index contributed by atoms with van der Waals surface area (Å²) in [5.74, 6) is 0.422. The number of rotatable bonds is 10. The van der Waals surface area contributed by atoms with Gasteiger partial charge in [-0.05, 0) is 58.0 Å². The molecular formula is C16H30N2O2. The van der Waals surface area contributed by atoms with Crippen LogP contribution in [-0.4, -0.2) is 48.7 Å². The number of hydrogen-bond donors (Lipinski definition) is 1. The van der Waals surface area contributed by atoms with Crippen LogP contribution in [0.25, 0.3) is 0 Å². The first-order valence-corrected chi connectivity index (χ1v) is 8.34. The maximum Gasteiger partial charge on any atom is 0.327 e. The summed E-state index contributed by atoms with van der Waals surface area (Å²) in [6, 6.07) is 0.696. The van der Waals surface area contributed by atoms with E-state index < -0.39 is 5.54 Å². The lowest BCUT2D eigenvalue weighted by atomic mass is 9.91. The molecule has 1 atom stereocenters. The highest BCUT2D eigenvalue weighted by atomic mass is 16.5. The highest BCUT2D eigenvalue weighted by molar-refractivity contribution is 5.82. The van der Waals surface area contributed by atoms with Gasteiger partial charge in [0.05, 0.1) is 6.61 Å². The van der Waals surface area contributed by atoms with Crippen molar-refractivity contribution in [3.05, 3.63) is 0 Å². The van der Waals surface area contributed by atoms with Gasteiger partial charge in [0.15, 0.2) is 0 Å². The molecule has 116 valence electrons. The van der Waals surface area contributed by atoms with E-state index >= 15 is 0 Å². The van der Waals surface area contributed by atoms with Crippen molar-refractivity contribution >= 4 is 5.97 Å². The van der Waals surface area contributed by atoms with Gasteiger partial charge in [0.2, 0.25) is 0 Å². The highest BCUT2D eigenvalue weighted by Gasteiger charge is 2.53. The van der Waals surface area contributed by atoms with Crippen molar-refractivity contribution in [3.63, 3.8) is 0 Å². The lowest BCUT2D eigenvalue weighted by molar-refractivity contribution is -0.153. The van der Waals surface area contributed by atoms with Gasteiger partial charge in [-0.3, -0.25) is 4.90 Å². The van der Waals surface area contributed by atoms with Crippen molar-refractivity contribution in [2.45, 2.75) is 64.5 Å². The largest absolute Gasteiger partial charge is 0.465 e. The van der Waals surface area contributed by atoms with Crippen LogP contribution < -0.4 is 5.32 Å². The van der Waals surface area contributed by atoms with Gasteiger partial charge in [-0.1, -0.05) is 13.8 Å². The molecule has 1 unspecified atom stereocenters. The van der Waals surface area contributed by atoms with Crippen LogP contribution in [0.15, 0.2) is 0 Å². The molecule has 0 aromatic heterocycles. The van der Waals surface area contributed by atoms with E-state index in [1.54, 1.807) is 0 Å². The van der Waals surface area contributed by atoms with Crippen molar-refractivity contribution in [2.75, 3.05) is 26.2 Å². The maximum absolute atomic E-state index is 12.6. The number of carbonyl (C=O) groups is 1. The summed E-state index contributed by atoms with van der Waals surface area (Å²) in [7, 11) is 0. The lowest BCUT2D eigenvalue weighted by Gasteiger charge is -2.37. The van der Waals surface area contributed by atoms with Crippen LogP contribution >= 0.6 is 0 Å². The molecule has 2 aliphatic rings. The Labute approximate surface area is 123 Å². The van der Waals surface area contributed by atoms with Crippen LogP contribution in [0.2, 0.25) is 0 Å². The van der Waals surface area contributed by atoms with Gasteiger partial charge in [-0.25, -0.2) is 4.79 Å². The fourth-order valence-electron chi connectivity index (χ4n) is 3.22. The Kier molecular flexibility index (Phi) is 5.44. The molecule has 2 saturated carbocycles. The summed E-state index contributed by atoms with van der Waals surface area (Å²) < 4.78 is 5.41. The molecule has 4 nitrogen and oxygen atoms in total. The number of ether oxygens (including phenoxy) is 1. The first-order valence-electron chi connectivity index (χ1n) is 8.34. The Bertz CT molecular complexity index is 326. The summed E-state index contributed by atoms with van der Waals surface area (Å²) in [4.78, 5) is 15.1. The second-order valence-corrected chi connectivity index (χ2v) is 6.20. The Morgan fingerprint density at radius 2 is 1.95 bits per heavy atom. The van der Waals surface area contributed by atoms with E-state index in [1.165, 1.54) is 12.8 Å². The SMILES string of the molecule is CCCN(CC(NCC)(C(=O)OCC)C1CC1)C1CC1. The van der Waals surface area contributed by atoms with Gasteiger partial charge in [0.25, 0.3) is 0 Å². The molecule has 2 fully saturated rings. The highest BCUT2D eigenvalue weighted by Crippen LogP contribution is 2.42. The van der Waals surface area contributed by atoms with Crippen molar-refractivity contribution in [3.8, 4) is 0 Å². The van der Waals surface area contributed by atoms with E-state index in [0.29, 0.717) is 18.6 Å². The smallest absolute Gasteiger partial charge is 0.327 e. The molecule has 0 amide bonds. The fraction of sp³-hybridized carbons (Fsp3) is 0.938. The number of nitrogens with one attached hydrogen (secondary N) is 1. The molecule has 20 heavy (non-hydrogen) atoms. The first-order chi connectivity index (χ1) is 9.67. The summed E-state index contributed by atoms with van der Waals surface area (Å²) in [6.45, 7) is 9.39. The predicted molar refractivity (Wildman–Crippen MR) is 80.7 cm³/mol. The van der Waals surface area contributed by atoms with Crippen LogP contribution in [0.1, 0.15) is 52.9 Å². The molecule has 2 rings (SSSR count). The Hall–Kier alpha value is -0.610. The normalized spacial score (nSPS) is 21.8. The van der Waals surface area contributed by atoms with Gasteiger partial charge >= 0.3 is 5.97 Å². The molecule has 2 aliphatic carbocycles. The van der Waals surface area contributed by atoms with Crippen LogP contribution in [0.4, 0.5) is 0 Å². The molecule has 0 aliphatic heterocycles. The Balaban J connectivity index is 2.12. The monoisotopic (exact) mass is 282 g/mol.